The number of ether oxygens (including phenoxy) is 1. The predicted molar refractivity (Wildman–Crippen MR) is 72.3 cm³/mol. The van der Waals surface area contributed by atoms with Crippen molar-refractivity contribution in [1.29, 1.82) is 0 Å². The van der Waals surface area contributed by atoms with Crippen LogP contribution in [0.5, 0.6) is 5.75 Å². The minimum atomic E-state index is -0.616. The number of halogens is 2. The number of hydrogen-bond donors (Lipinski definition) is 2. The summed E-state index contributed by atoms with van der Waals surface area (Å²) in [5.74, 6) is 0.238. The first-order chi connectivity index (χ1) is 7.95. The summed E-state index contributed by atoms with van der Waals surface area (Å²) in [6, 6.07) is 3.24. The van der Waals surface area contributed by atoms with Gasteiger partial charge in [-0.3, -0.25) is 4.79 Å². The molecule has 6 heteroatoms. The standard InChI is InChI=1S/C11H14BrClN2O2/c1-3-15-11(16)6(2)17-10-8(12)4-7(13)5-9(10)14/h4-6H,3,14H2,1-2H3,(H,15,16). The molecule has 1 rings (SSSR count). The highest BCUT2D eigenvalue weighted by molar-refractivity contribution is 9.10. The van der Waals surface area contributed by atoms with Crippen molar-refractivity contribution < 1.29 is 9.53 Å². The molecule has 0 saturated carbocycles. The summed E-state index contributed by atoms with van der Waals surface area (Å²) in [5, 5.41) is 3.18. The molecule has 0 aliphatic carbocycles. The van der Waals surface area contributed by atoms with Crippen LogP contribution in [-0.4, -0.2) is 18.6 Å². The van der Waals surface area contributed by atoms with Crippen molar-refractivity contribution in [1.82, 2.24) is 5.32 Å². The summed E-state index contributed by atoms with van der Waals surface area (Å²) in [6.07, 6.45) is -0.616. The summed E-state index contributed by atoms with van der Waals surface area (Å²) < 4.78 is 6.13. The Morgan fingerprint density at radius 2 is 2.29 bits per heavy atom. The molecule has 1 aromatic carbocycles. The zero-order chi connectivity index (χ0) is 13.0. The van der Waals surface area contributed by atoms with Crippen LogP contribution in [0.4, 0.5) is 5.69 Å². The normalized spacial score (nSPS) is 12.0. The second-order valence-corrected chi connectivity index (χ2v) is 4.75. The maximum Gasteiger partial charge on any atom is 0.260 e. The van der Waals surface area contributed by atoms with Gasteiger partial charge in [0.15, 0.2) is 11.9 Å². The minimum Gasteiger partial charge on any atom is -0.478 e. The number of amides is 1. The van der Waals surface area contributed by atoms with Gasteiger partial charge in [0.2, 0.25) is 0 Å². The fraction of sp³-hybridized carbons (Fsp3) is 0.364. The molecule has 0 aliphatic heterocycles. The SMILES string of the molecule is CCNC(=O)C(C)Oc1c(N)cc(Cl)cc1Br. The Bertz CT molecular complexity index is 403. The van der Waals surface area contributed by atoms with Gasteiger partial charge in [0.25, 0.3) is 5.91 Å². The van der Waals surface area contributed by atoms with Crippen molar-refractivity contribution in [2.45, 2.75) is 20.0 Å². The number of anilines is 1. The molecule has 0 heterocycles. The Kier molecular flexibility index (Phi) is 5.08. The summed E-state index contributed by atoms with van der Waals surface area (Å²) in [6.45, 7) is 4.06. The molecule has 17 heavy (non-hydrogen) atoms. The molecule has 0 saturated heterocycles. The van der Waals surface area contributed by atoms with E-state index in [-0.39, 0.29) is 5.91 Å². The Morgan fingerprint density at radius 1 is 1.65 bits per heavy atom. The number of hydrogen-bond acceptors (Lipinski definition) is 3. The number of likely N-dealkylation sites (N-methyl/N-ethyl adjacent to an activating group) is 1. The van der Waals surface area contributed by atoms with E-state index in [1.165, 1.54) is 0 Å². The van der Waals surface area contributed by atoms with Crippen LogP contribution >= 0.6 is 27.5 Å². The Labute approximate surface area is 114 Å². The second kappa shape index (κ2) is 6.12. The third kappa shape index (κ3) is 3.78. The van der Waals surface area contributed by atoms with Crippen LogP contribution in [-0.2, 0) is 4.79 Å². The Hall–Kier alpha value is -0.940. The first-order valence-corrected chi connectivity index (χ1v) is 6.31. The summed E-state index contributed by atoms with van der Waals surface area (Å²) in [4.78, 5) is 11.5. The van der Waals surface area contributed by atoms with Gasteiger partial charge < -0.3 is 15.8 Å². The van der Waals surface area contributed by atoms with E-state index in [0.29, 0.717) is 27.5 Å². The lowest BCUT2D eigenvalue weighted by Gasteiger charge is -2.16. The lowest BCUT2D eigenvalue weighted by atomic mass is 10.3. The van der Waals surface area contributed by atoms with Gasteiger partial charge in [-0.25, -0.2) is 0 Å². The first kappa shape index (κ1) is 14.1. The quantitative estimate of drug-likeness (QED) is 0.838. The summed E-state index contributed by atoms with van der Waals surface area (Å²) in [5.41, 5.74) is 6.16. The van der Waals surface area contributed by atoms with E-state index >= 15 is 0 Å². The highest BCUT2D eigenvalue weighted by Gasteiger charge is 2.17. The molecule has 3 N–H and O–H groups in total. The van der Waals surface area contributed by atoms with E-state index in [1.807, 2.05) is 6.92 Å². The molecule has 0 fully saturated rings. The second-order valence-electron chi connectivity index (χ2n) is 3.46. The van der Waals surface area contributed by atoms with Gasteiger partial charge in [0, 0.05) is 11.6 Å². The fourth-order valence-electron chi connectivity index (χ4n) is 1.25. The Morgan fingerprint density at radius 3 is 2.82 bits per heavy atom. The molecular weight excluding hydrogens is 307 g/mol. The molecule has 0 spiro atoms. The van der Waals surface area contributed by atoms with E-state index in [0.717, 1.165) is 0 Å². The van der Waals surface area contributed by atoms with Crippen molar-refractivity contribution in [2.75, 3.05) is 12.3 Å². The smallest absolute Gasteiger partial charge is 0.260 e. The van der Waals surface area contributed by atoms with E-state index in [1.54, 1.807) is 19.1 Å². The van der Waals surface area contributed by atoms with Crippen molar-refractivity contribution in [3.05, 3.63) is 21.6 Å². The topological polar surface area (TPSA) is 64.3 Å². The molecule has 94 valence electrons. The molecule has 0 aliphatic rings. The summed E-state index contributed by atoms with van der Waals surface area (Å²) >= 11 is 9.12. The van der Waals surface area contributed by atoms with Crippen LogP contribution in [0.15, 0.2) is 16.6 Å². The van der Waals surface area contributed by atoms with Crippen molar-refractivity contribution >= 4 is 39.1 Å². The average molecular weight is 322 g/mol. The fourth-order valence-corrected chi connectivity index (χ4v) is 2.18. The summed E-state index contributed by atoms with van der Waals surface area (Å²) in [7, 11) is 0. The number of carbonyl (C=O) groups is 1. The molecule has 0 aromatic heterocycles. The van der Waals surface area contributed by atoms with Crippen LogP contribution in [0.1, 0.15) is 13.8 Å². The molecular formula is C11H14BrClN2O2. The highest BCUT2D eigenvalue weighted by Crippen LogP contribution is 2.35. The number of nitrogens with two attached hydrogens (primary N) is 1. The lowest BCUT2D eigenvalue weighted by molar-refractivity contribution is -0.127. The van der Waals surface area contributed by atoms with E-state index in [2.05, 4.69) is 21.2 Å². The van der Waals surface area contributed by atoms with Gasteiger partial charge in [-0.2, -0.15) is 0 Å². The van der Waals surface area contributed by atoms with Gasteiger partial charge in [-0.05, 0) is 41.9 Å². The minimum absolute atomic E-state index is 0.186. The van der Waals surface area contributed by atoms with Crippen LogP contribution < -0.4 is 15.8 Å². The molecule has 1 unspecified atom stereocenters. The van der Waals surface area contributed by atoms with E-state index in [4.69, 9.17) is 22.1 Å². The molecule has 1 aromatic rings. The number of rotatable bonds is 4. The number of benzene rings is 1. The van der Waals surface area contributed by atoms with Gasteiger partial charge >= 0.3 is 0 Å². The van der Waals surface area contributed by atoms with Crippen molar-refractivity contribution in [3.8, 4) is 5.75 Å². The predicted octanol–water partition coefficient (Wildman–Crippen LogP) is 2.59. The van der Waals surface area contributed by atoms with Crippen LogP contribution in [0, 0.1) is 0 Å². The number of nitrogen functional groups attached to an aromatic ring is 1. The molecule has 1 atom stereocenters. The molecule has 4 nitrogen and oxygen atoms in total. The largest absolute Gasteiger partial charge is 0.478 e. The van der Waals surface area contributed by atoms with Crippen molar-refractivity contribution in [3.63, 3.8) is 0 Å². The number of nitrogens with one attached hydrogen (secondary N) is 1. The van der Waals surface area contributed by atoms with Gasteiger partial charge in [0.1, 0.15) is 0 Å². The third-order valence-electron chi connectivity index (χ3n) is 2.05. The van der Waals surface area contributed by atoms with E-state index < -0.39 is 6.10 Å². The monoisotopic (exact) mass is 320 g/mol. The Balaban J connectivity index is 2.85. The highest BCUT2D eigenvalue weighted by atomic mass is 79.9. The number of carbonyl (C=O) groups excluding carboxylic acids is 1. The van der Waals surface area contributed by atoms with E-state index in [9.17, 15) is 4.79 Å². The molecule has 0 radical (unpaired) electrons. The van der Waals surface area contributed by atoms with Crippen LogP contribution in [0.25, 0.3) is 0 Å². The zero-order valence-electron chi connectivity index (χ0n) is 9.59. The lowest BCUT2D eigenvalue weighted by Crippen LogP contribution is -2.36. The van der Waals surface area contributed by atoms with Gasteiger partial charge in [-0.15, -0.1) is 0 Å². The average Bonchev–Trinajstić information content (AvgIpc) is 2.23. The van der Waals surface area contributed by atoms with Gasteiger partial charge in [-0.1, -0.05) is 11.6 Å². The van der Waals surface area contributed by atoms with Crippen LogP contribution in [0.2, 0.25) is 5.02 Å². The third-order valence-corrected chi connectivity index (χ3v) is 2.86. The van der Waals surface area contributed by atoms with Crippen LogP contribution in [0.3, 0.4) is 0 Å². The first-order valence-electron chi connectivity index (χ1n) is 5.14. The van der Waals surface area contributed by atoms with Gasteiger partial charge in [0.05, 0.1) is 10.2 Å². The zero-order valence-corrected chi connectivity index (χ0v) is 11.9. The maximum absolute atomic E-state index is 11.5. The van der Waals surface area contributed by atoms with Crippen molar-refractivity contribution in [2.24, 2.45) is 0 Å². The molecule has 1 amide bonds. The maximum atomic E-state index is 11.5. The molecule has 0 bridgehead atoms.